The summed E-state index contributed by atoms with van der Waals surface area (Å²) >= 11 is 11.6. The maximum Gasteiger partial charge on any atom is 0.129 e. The highest BCUT2D eigenvalue weighted by Crippen LogP contribution is 2.26. The summed E-state index contributed by atoms with van der Waals surface area (Å²) in [6.07, 6.45) is -0.942. The predicted octanol–water partition coefficient (Wildman–Crippen LogP) is 2.96. The van der Waals surface area contributed by atoms with Crippen molar-refractivity contribution in [1.29, 1.82) is 0 Å². The smallest absolute Gasteiger partial charge is 0.129 e. The Morgan fingerprint density at radius 2 is 1.94 bits per heavy atom. The molecule has 0 saturated heterocycles. The van der Waals surface area contributed by atoms with Gasteiger partial charge in [0.15, 0.2) is 0 Å². The zero-order valence-electron chi connectivity index (χ0n) is 9.35. The van der Waals surface area contributed by atoms with E-state index in [1.165, 1.54) is 0 Å². The summed E-state index contributed by atoms with van der Waals surface area (Å²) in [7, 11) is 0. The first-order valence-electron chi connectivity index (χ1n) is 5.31. The molecule has 0 spiro atoms. The van der Waals surface area contributed by atoms with E-state index in [-0.39, 0.29) is 6.61 Å². The Kier molecular flexibility index (Phi) is 4.19. The number of aromatic nitrogens is 1. The first-order valence-corrected chi connectivity index (χ1v) is 6.07. The van der Waals surface area contributed by atoms with Crippen molar-refractivity contribution >= 4 is 23.2 Å². The van der Waals surface area contributed by atoms with Gasteiger partial charge >= 0.3 is 0 Å². The zero-order chi connectivity index (χ0) is 13.1. The Labute approximate surface area is 115 Å². The van der Waals surface area contributed by atoms with Crippen LogP contribution in [0.5, 0.6) is 0 Å². The standard InChI is InChI=1S/C13H11Cl2NO2/c14-9-4-5-10(8(6-9)7-17)13(18)11-2-1-3-12(15)16-11/h1-6,13,17-18H,7H2. The second kappa shape index (κ2) is 5.67. The van der Waals surface area contributed by atoms with Crippen LogP contribution in [0.2, 0.25) is 10.2 Å². The molecule has 2 aromatic rings. The number of nitrogens with zero attached hydrogens (tertiary/aromatic N) is 1. The second-order valence-corrected chi connectivity index (χ2v) is 4.61. The number of aliphatic hydroxyl groups is 2. The second-order valence-electron chi connectivity index (χ2n) is 3.79. The van der Waals surface area contributed by atoms with Crippen LogP contribution in [0.3, 0.4) is 0 Å². The molecule has 1 heterocycles. The summed E-state index contributed by atoms with van der Waals surface area (Å²) in [6, 6.07) is 9.96. The van der Waals surface area contributed by atoms with Crippen molar-refractivity contribution in [2.75, 3.05) is 0 Å². The van der Waals surface area contributed by atoms with E-state index < -0.39 is 6.10 Å². The molecular formula is C13H11Cl2NO2. The first-order chi connectivity index (χ1) is 8.61. The van der Waals surface area contributed by atoms with Crippen LogP contribution in [0.4, 0.5) is 0 Å². The molecule has 1 unspecified atom stereocenters. The summed E-state index contributed by atoms with van der Waals surface area (Å²) in [5, 5.41) is 20.3. The highest BCUT2D eigenvalue weighted by atomic mass is 35.5. The van der Waals surface area contributed by atoms with Gasteiger partial charge < -0.3 is 10.2 Å². The molecule has 0 bridgehead atoms. The Balaban J connectivity index is 2.42. The average Bonchev–Trinajstić information content (AvgIpc) is 2.37. The normalized spacial score (nSPS) is 12.4. The lowest BCUT2D eigenvalue weighted by molar-refractivity contribution is 0.208. The van der Waals surface area contributed by atoms with Gasteiger partial charge in [-0.1, -0.05) is 35.3 Å². The van der Waals surface area contributed by atoms with Crippen molar-refractivity contribution in [3.8, 4) is 0 Å². The lowest BCUT2D eigenvalue weighted by Gasteiger charge is -2.14. The van der Waals surface area contributed by atoms with Gasteiger partial charge in [-0.25, -0.2) is 4.98 Å². The van der Waals surface area contributed by atoms with Crippen LogP contribution >= 0.6 is 23.2 Å². The van der Waals surface area contributed by atoms with E-state index in [0.717, 1.165) is 0 Å². The number of benzene rings is 1. The van der Waals surface area contributed by atoms with Crippen LogP contribution in [0, 0.1) is 0 Å². The third kappa shape index (κ3) is 2.82. The van der Waals surface area contributed by atoms with E-state index >= 15 is 0 Å². The van der Waals surface area contributed by atoms with E-state index in [0.29, 0.717) is 27.0 Å². The third-order valence-electron chi connectivity index (χ3n) is 2.59. The summed E-state index contributed by atoms with van der Waals surface area (Å²) < 4.78 is 0. The van der Waals surface area contributed by atoms with E-state index in [9.17, 15) is 10.2 Å². The monoisotopic (exact) mass is 283 g/mol. The molecule has 5 heteroatoms. The molecule has 3 nitrogen and oxygen atoms in total. The quantitative estimate of drug-likeness (QED) is 0.852. The largest absolute Gasteiger partial charge is 0.392 e. The topological polar surface area (TPSA) is 53.4 Å². The number of rotatable bonds is 3. The van der Waals surface area contributed by atoms with Gasteiger partial charge in [-0.15, -0.1) is 0 Å². The summed E-state index contributed by atoms with van der Waals surface area (Å²) in [4.78, 5) is 4.05. The number of halogens is 2. The minimum atomic E-state index is -0.942. The van der Waals surface area contributed by atoms with Gasteiger partial charge in [0.05, 0.1) is 12.3 Å². The van der Waals surface area contributed by atoms with Crippen molar-refractivity contribution < 1.29 is 10.2 Å². The molecule has 0 aliphatic heterocycles. The van der Waals surface area contributed by atoms with Crippen molar-refractivity contribution in [3.05, 3.63) is 63.4 Å². The molecule has 0 fully saturated rings. The fourth-order valence-corrected chi connectivity index (χ4v) is 2.08. The summed E-state index contributed by atoms with van der Waals surface area (Å²) in [5.74, 6) is 0. The van der Waals surface area contributed by atoms with E-state index in [2.05, 4.69) is 4.98 Å². The molecule has 0 radical (unpaired) electrons. The molecule has 0 amide bonds. The average molecular weight is 284 g/mol. The molecule has 1 aromatic heterocycles. The summed E-state index contributed by atoms with van der Waals surface area (Å²) in [5.41, 5.74) is 1.56. The minimum Gasteiger partial charge on any atom is -0.392 e. The lowest BCUT2D eigenvalue weighted by atomic mass is 10.0. The maximum absolute atomic E-state index is 10.2. The maximum atomic E-state index is 10.2. The van der Waals surface area contributed by atoms with Crippen molar-refractivity contribution in [3.63, 3.8) is 0 Å². The van der Waals surface area contributed by atoms with Crippen LogP contribution < -0.4 is 0 Å². The zero-order valence-corrected chi connectivity index (χ0v) is 10.9. The highest BCUT2D eigenvalue weighted by molar-refractivity contribution is 6.30. The summed E-state index contributed by atoms with van der Waals surface area (Å²) in [6.45, 7) is -0.201. The van der Waals surface area contributed by atoms with Gasteiger partial charge in [-0.2, -0.15) is 0 Å². The predicted molar refractivity (Wildman–Crippen MR) is 70.7 cm³/mol. The van der Waals surface area contributed by atoms with Gasteiger partial charge in [0.2, 0.25) is 0 Å². The van der Waals surface area contributed by atoms with Crippen LogP contribution in [0.15, 0.2) is 36.4 Å². The first kappa shape index (κ1) is 13.3. The van der Waals surface area contributed by atoms with Gasteiger partial charge in [0.25, 0.3) is 0 Å². The van der Waals surface area contributed by atoms with Crippen molar-refractivity contribution in [2.24, 2.45) is 0 Å². The molecule has 2 N–H and O–H groups in total. The SMILES string of the molecule is OCc1cc(Cl)ccc1C(O)c1cccc(Cl)n1. The number of hydrogen-bond acceptors (Lipinski definition) is 3. The molecule has 94 valence electrons. The van der Waals surface area contributed by atoms with Gasteiger partial charge in [-0.3, -0.25) is 0 Å². The number of hydrogen-bond donors (Lipinski definition) is 2. The van der Waals surface area contributed by atoms with Crippen LogP contribution in [-0.2, 0) is 6.61 Å². The molecular weight excluding hydrogens is 273 g/mol. The van der Waals surface area contributed by atoms with Crippen LogP contribution in [-0.4, -0.2) is 15.2 Å². The van der Waals surface area contributed by atoms with Gasteiger partial charge in [0.1, 0.15) is 11.3 Å². The Morgan fingerprint density at radius 3 is 2.61 bits per heavy atom. The molecule has 0 aliphatic carbocycles. The lowest BCUT2D eigenvalue weighted by Crippen LogP contribution is -2.06. The van der Waals surface area contributed by atoms with Crippen LogP contribution in [0.25, 0.3) is 0 Å². The fraction of sp³-hybridized carbons (Fsp3) is 0.154. The molecule has 1 aromatic carbocycles. The third-order valence-corrected chi connectivity index (χ3v) is 3.03. The van der Waals surface area contributed by atoms with E-state index in [4.69, 9.17) is 23.2 Å². The van der Waals surface area contributed by atoms with E-state index in [1.807, 2.05) is 0 Å². The molecule has 2 rings (SSSR count). The Morgan fingerprint density at radius 1 is 1.17 bits per heavy atom. The Hall–Kier alpha value is -1.13. The Bertz CT molecular complexity index is 560. The van der Waals surface area contributed by atoms with Gasteiger partial charge in [-0.05, 0) is 35.4 Å². The number of pyridine rings is 1. The number of aliphatic hydroxyl groups excluding tert-OH is 2. The molecule has 0 saturated carbocycles. The fourth-order valence-electron chi connectivity index (χ4n) is 1.71. The molecule has 0 aliphatic rings. The van der Waals surface area contributed by atoms with Crippen molar-refractivity contribution in [1.82, 2.24) is 4.98 Å². The van der Waals surface area contributed by atoms with Crippen LogP contribution in [0.1, 0.15) is 22.9 Å². The minimum absolute atomic E-state index is 0.201. The van der Waals surface area contributed by atoms with Gasteiger partial charge in [0, 0.05) is 5.02 Å². The van der Waals surface area contributed by atoms with Crippen molar-refractivity contribution in [2.45, 2.75) is 12.7 Å². The highest BCUT2D eigenvalue weighted by Gasteiger charge is 2.16. The molecule has 18 heavy (non-hydrogen) atoms. The van der Waals surface area contributed by atoms with E-state index in [1.54, 1.807) is 36.4 Å². The molecule has 1 atom stereocenters.